The van der Waals surface area contributed by atoms with Crippen LogP contribution in [0.25, 0.3) is 0 Å². The first kappa shape index (κ1) is 15.3. The molecule has 110 valence electrons. The number of rotatable bonds is 5. The summed E-state index contributed by atoms with van der Waals surface area (Å²) in [4.78, 5) is 20.0. The van der Waals surface area contributed by atoms with Gasteiger partial charge in [0.1, 0.15) is 11.5 Å². The maximum Gasteiger partial charge on any atom is 0.271 e. The Morgan fingerprint density at radius 3 is 2.71 bits per heavy atom. The van der Waals surface area contributed by atoms with Crippen molar-refractivity contribution in [3.63, 3.8) is 0 Å². The third kappa shape index (κ3) is 4.16. The molecule has 1 aromatic heterocycles. The van der Waals surface area contributed by atoms with Crippen molar-refractivity contribution in [2.45, 2.75) is 20.3 Å². The van der Waals surface area contributed by atoms with E-state index in [1.807, 2.05) is 32.0 Å². The Bertz CT molecular complexity index is 628. The Kier molecular flexibility index (Phi) is 5.11. The van der Waals surface area contributed by atoms with Crippen LogP contribution in [0, 0.1) is 6.92 Å². The third-order valence-electron chi connectivity index (χ3n) is 2.86. The van der Waals surface area contributed by atoms with Crippen LogP contribution in [-0.4, -0.2) is 22.4 Å². The molecular weight excluding hydrogens is 288 g/mol. The molecule has 0 aliphatic rings. The van der Waals surface area contributed by atoms with Crippen LogP contribution in [0.2, 0.25) is 5.02 Å². The summed E-state index contributed by atoms with van der Waals surface area (Å²) < 4.78 is 0. The van der Waals surface area contributed by atoms with Gasteiger partial charge in [-0.05, 0) is 31.0 Å². The second-order valence-electron chi connectivity index (χ2n) is 4.63. The lowest BCUT2D eigenvalue weighted by Crippen LogP contribution is -2.25. The van der Waals surface area contributed by atoms with Gasteiger partial charge in [-0.3, -0.25) is 4.79 Å². The number of nitrogens with zero attached hydrogens (tertiary/aromatic N) is 2. The number of hydrogen-bond acceptors (Lipinski definition) is 4. The quantitative estimate of drug-likeness (QED) is 0.889. The van der Waals surface area contributed by atoms with E-state index in [-0.39, 0.29) is 5.91 Å². The molecule has 0 saturated carbocycles. The van der Waals surface area contributed by atoms with Gasteiger partial charge in [0.05, 0.1) is 12.4 Å². The molecule has 0 saturated heterocycles. The van der Waals surface area contributed by atoms with Crippen LogP contribution in [-0.2, 0) is 0 Å². The van der Waals surface area contributed by atoms with E-state index in [0.717, 1.165) is 17.7 Å². The zero-order chi connectivity index (χ0) is 15.2. The number of aryl methyl sites for hydroxylation is 1. The van der Waals surface area contributed by atoms with Crippen LogP contribution in [0.4, 0.5) is 11.5 Å². The largest absolute Gasteiger partial charge is 0.351 e. The molecule has 0 aliphatic carbocycles. The van der Waals surface area contributed by atoms with E-state index in [2.05, 4.69) is 20.6 Å². The maximum atomic E-state index is 11.7. The second-order valence-corrected chi connectivity index (χ2v) is 5.04. The Labute approximate surface area is 128 Å². The minimum atomic E-state index is -0.214. The molecule has 0 radical (unpaired) electrons. The lowest BCUT2D eigenvalue weighted by molar-refractivity contribution is 0.0948. The van der Waals surface area contributed by atoms with Gasteiger partial charge in [0.2, 0.25) is 0 Å². The number of carbonyl (C=O) groups is 1. The third-order valence-corrected chi connectivity index (χ3v) is 3.27. The van der Waals surface area contributed by atoms with Crippen molar-refractivity contribution in [1.82, 2.24) is 15.3 Å². The molecule has 0 unspecified atom stereocenters. The van der Waals surface area contributed by atoms with Crippen molar-refractivity contribution in [2.24, 2.45) is 0 Å². The fourth-order valence-electron chi connectivity index (χ4n) is 1.66. The summed E-state index contributed by atoms with van der Waals surface area (Å²) in [5.41, 5.74) is 2.13. The molecule has 2 N–H and O–H groups in total. The molecule has 0 spiro atoms. The number of aromatic nitrogens is 2. The Hall–Kier alpha value is -2.14. The number of hydrogen-bond donors (Lipinski definition) is 2. The van der Waals surface area contributed by atoms with Crippen LogP contribution in [0.1, 0.15) is 29.4 Å². The molecule has 1 heterocycles. The molecule has 21 heavy (non-hydrogen) atoms. The van der Waals surface area contributed by atoms with Gasteiger partial charge in [-0.2, -0.15) is 0 Å². The molecule has 5 nitrogen and oxygen atoms in total. The fourth-order valence-corrected chi connectivity index (χ4v) is 1.84. The molecule has 2 aromatic rings. The Morgan fingerprint density at radius 2 is 2.10 bits per heavy atom. The molecule has 1 aromatic carbocycles. The average Bonchev–Trinajstić information content (AvgIpc) is 2.49. The molecule has 0 atom stereocenters. The highest BCUT2D eigenvalue weighted by atomic mass is 35.5. The molecule has 2 rings (SSSR count). The van der Waals surface area contributed by atoms with Crippen LogP contribution < -0.4 is 10.6 Å². The first-order valence-electron chi connectivity index (χ1n) is 6.73. The van der Waals surface area contributed by atoms with Crippen molar-refractivity contribution in [3.05, 3.63) is 46.9 Å². The number of carbonyl (C=O) groups excluding carboxylic acids is 1. The van der Waals surface area contributed by atoms with Crippen LogP contribution >= 0.6 is 11.6 Å². The zero-order valence-electron chi connectivity index (χ0n) is 12.0. The molecular formula is C15H17ClN4O. The summed E-state index contributed by atoms with van der Waals surface area (Å²) in [6, 6.07) is 5.65. The van der Waals surface area contributed by atoms with Crippen LogP contribution in [0.15, 0.2) is 30.6 Å². The van der Waals surface area contributed by atoms with E-state index in [9.17, 15) is 4.79 Å². The first-order chi connectivity index (χ1) is 10.1. The second kappa shape index (κ2) is 7.04. The predicted molar refractivity (Wildman–Crippen MR) is 84.1 cm³/mol. The number of nitrogens with one attached hydrogen (secondary N) is 2. The molecule has 0 fully saturated rings. The minimum Gasteiger partial charge on any atom is -0.351 e. The van der Waals surface area contributed by atoms with Gasteiger partial charge in [0, 0.05) is 17.3 Å². The van der Waals surface area contributed by atoms with E-state index in [4.69, 9.17) is 11.6 Å². The Morgan fingerprint density at radius 1 is 1.29 bits per heavy atom. The van der Waals surface area contributed by atoms with E-state index < -0.39 is 0 Å². The lowest BCUT2D eigenvalue weighted by Gasteiger charge is -2.07. The van der Waals surface area contributed by atoms with Crippen molar-refractivity contribution < 1.29 is 4.79 Å². The summed E-state index contributed by atoms with van der Waals surface area (Å²) in [6.45, 7) is 4.56. The predicted octanol–water partition coefficient (Wildman–Crippen LogP) is 3.32. The maximum absolute atomic E-state index is 11.7. The van der Waals surface area contributed by atoms with E-state index in [1.165, 1.54) is 12.4 Å². The topological polar surface area (TPSA) is 66.9 Å². The average molecular weight is 305 g/mol. The smallest absolute Gasteiger partial charge is 0.271 e. The zero-order valence-corrected chi connectivity index (χ0v) is 12.7. The molecule has 0 bridgehead atoms. The van der Waals surface area contributed by atoms with Gasteiger partial charge in [-0.15, -0.1) is 0 Å². The van der Waals surface area contributed by atoms with Gasteiger partial charge >= 0.3 is 0 Å². The monoisotopic (exact) mass is 304 g/mol. The number of anilines is 2. The first-order valence-corrected chi connectivity index (χ1v) is 7.11. The lowest BCUT2D eigenvalue weighted by atomic mass is 10.2. The molecule has 6 heteroatoms. The van der Waals surface area contributed by atoms with Crippen molar-refractivity contribution in [1.29, 1.82) is 0 Å². The van der Waals surface area contributed by atoms with Gasteiger partial charge in [-0.1, -0.05) is 24.6 Å². The van der Waals surface area contributed by atoms with Gasteiger partial charge in [0.25, 0.3) is 5.91 Å². The summed E-state index contributed by atoms with van der Waals surface area (Å²) in [5, 5.41) is 6.53. The highest BCUT2D eigenvalue weighted by molar-refractivity contribution is 6.31. The highest BCUT2D eigenvalue weighted by Crippen LogP contribution is 2.22. The minimum absolute atomic E-state index is 0.214. The molecule has 0 aliphatic heterocycles. The fraction of sp³-hybridized carbons (Fsp3) is 0.267. The summed E-state index contributed by atoms with van der Waals surface area (Å²) in [7, 11) is 0. The number of benzene rings is 1. The van der Waals surface area contributed by atoms with Crippen LogP contribution in [0.3, 0.4) is 0 Å². The number of amides is 1. The normalized spacial score (nSPS) is 10.2. The summed E-state index contributed by atoms with van der Waals surface area (Å²) >= 11 is 6.07. The molecule has 1 amide bonds. The van der Waals surface area contributed by atoms with Gasteiger partial charge < -0.3 is 10.6 Å². The van der Waals surface area contributed by atoms with Gasteiger partial charge in [0.15, 0.2) is 0 Å². The van der Waals surface area contributed by atoms with Crippen molar-refractivity contribution >= 4 is 29.0 Å². The van der Waals surface area contributed by atoms with Crippen LogP contribution in [0.5, 0.6) is 0 Å². The highest BCUT2D eigenvalue weighted by Gasteiger charge is 2.07. The van der Waals surface area contributed by atoms with E-state index in [1.54, 1.807) is 0 Å². The number of halogens is 1. The Balaban J connectivity index is 2.05. The van der Waals surface area contributed by atoms with E-state index in [0.29, 0.717) is 23.1 Å². The SMILES string of the molecule is CCCNC(=O)c1cnc(Nc2ccc(C)c(Cl)c2)cn1. The van der Waals surface area contributed by atoms with E-state index >= 15 is 0 Å². The standard InChI is InChI=1S/C15H17ClN4O/c1-3-6-17-15(21)13-8-19-14(9-18-13)20-11-5-4-10(2)12(16)7-11/h4-5,7-9H,3,6H2,1-2H3,(H,17,21)(H,19,20). The van der Waals surface area contributed by atoms with Crippen molar-refractivity contribution in [3.8, 4) is 0 Å². The summed E-state index contributed by atoms with van der Waals surface area (Å²) in [5.74, 6) is 0.344. The van der Waals surface area contributed by atoms with Crippen molar-refractivity contribution in [2.75, 3.05) is 11.9 Å². The van der Waals surface area contributed by atoms with Gasteiger partial charge in [-0.25, -0.2) is 9.97 Å². The summed E-state index contributed by atoms with van der Waals surface area (Å²) in [6.07, 6.45) is 3.85.